The molecule has 3 fully saturated rings. The molecule has 1 aliphatic carbocycles. The lowest BCUT2D eigenvalue weighted by Gasteiger charge is -2.34. The number of carbonyl (C=O) groups is 3. The summed E-state index contributed by atoms with van der Waals surface area (Å²) in [5.41, 5.74) is -3.85. The first-order valence-corrected chi connectivity index (χ1v) is 13.5. The molecule has 0 aromatic heterocycles. The maximum Gasteiger partial charge on any atom is 0.410 e. The predicted octanol–water partition coefficient (Wildman–Crippen LogP) is 5.76. The van der Waals surface area contributed by atoms with E-state index in [-0.39, 0.29) is 5.92 Å². The summed E-state index contributed by atoms with van der Waals surface area (Å²) < 4.78 is 97.3. The number of alkyl halides is 5. The standard InChI is InChI=1S/C28H34F6N2O5/c1-25(2,3)41-24(39)35-11-7-16(8-12-35)17-5-6-19(20(29)13-17)27(30,31)18-14-21(22(37)40-4)36(15-18)23(38)26(9-10-26)28(32,33)34/h5-6,13,16,18,21H,7-12,14-15H2,1-4H3/t18?,21-/m0/s1. The first kappa shape index (κ1) is 31.0. The second-order valence-electron chi connectivity index (χ2n) is 12.1. The van der Waals surface area contributed by atoms with Gasteiger partial charge in [-0.2, -0.15) is 13.2 Å². The molecule has 3 aliphatic rings. The molecule has 0 radical (unpaired) electrons. The fourth-order valence-electron chi connectivity index (χ4n) is 5.70. The van der Waals surface area contributed by atoms with E-state index in [0.717, 1.165) is 19.2 Å². The number of hydrogen-bond donors (Lipinski definition) is 0. The van der Waals surface area contributed by atoms with Crippen LogP contribution in [0.3, 0.4) is 0 Å². The number of nitrogens with zero attached hydrogens (tertiary/aromatic N) is 2. The van der Waals surface area contributed by atoms with E-state index in [1.165, 1.54) is 11.0 Å². The van der Waals surface area contributed by atoms with E-state index in [4.69, 9.17) is 4.74 Å². The Labute approximate surface area is 234 Å². The molecule has 0 bridgehead atoms. The fourth-order valence-corrected chi connectivity index (χ4v) is 5.70. The summed E-state index contributed by atoms with van der Waals surface area (Å²) in [5, 5.41) is 0. The highest BCUT2D eigenvalue weighted by Gasteiger charge is 2.71. The minimum atomic E-state index is -4.89. The summed E-state index contributed by atoms with van der Waals surface area (Å²) in [6, 6.07) is 1.69. The lowest BCUT2D eigenvalue weighted by Crippen LogP contribution is -2.49. The molecule has 7 nitrogen and oxygen atoms in total. The van der Waals surface area contributed by atoms with E-state index < -0.39 is 90.2 Å². The molecule has 2 atom stereocenters. The number of likely N-dealkylation sites (tertiary alicyclic amines) is 2. The molecular formula is C28H34F6N2O5. The lowest BCUT2D eigenvalue weighted by atomic mass is 9.86. The van der Waals surface area contributed by atoms with Crippen LogP contribution in [0, 0.1) is 17.2 Å². The first-order chi connectivity index (χ1) is 18.9. The largest absolute Gasteiger partial charge is 0.467 e. The number of amides is 2. The molecule has 228 valence electrons. The van der Waals surface area contributed by atoms with Crippen LogP contribution in [0.5, 0.6) is 0 Å². The highest BCUT2D eigenvalue weighted by Crippen LogP contribution is 2.59. The van der Waals surface area contributed by atoms with Crippen LogP contribution < -0.4 is 0 Å². The van der Waals surface area contributed by atoms with Gasteiger partial charge in [0.25, 0.3) is 5.92 Å². The Morgan fingerprint density at radius 2 is 1.61 bits per heavy atom. The second kappa shape index (κ2) is 10.7. The Morgan fingerprint density at radius 3 is 2.10 bits per heavy atom. The maximum atomic E-state index is 15.7. The van der Waals surface area contributed by atoms with Crippen molar-refractivity contribution in [1.82, 2.24) is 9.80 Å². The Bertz CT molecular complexity index is 1190. The Hall–Kier alpha value is -2.99. The van der Waals surface area contributed by atoms with Gasteiger partial charge in [-0.3, -0.25) is 4.79 Å². The Morgan fingerprint density at radius 1 is 1.00 bits per heavy atom. The van der Waals surface area contributed by atoms with Crippen molar-refractivity contribution in [3.05, 3.63) is 35.1 Å². The van der Waals surface area contributed by atoms with Crippen LogP contribution in [0.4, 0.5) is 31.1 Å². The summed E-state index contributed by atoms with van der Waals surface area (Å²) in [4.78, 5) is 39.6. The second-order valence-corrected chi connectivity index (χ2v) is 12.1. The molecule has 41 heavy (non-hydrogen) atoms. The molecule has 0 spiro atoms. The van der Waals surface area contributed by atoms with Gasteiger partial charge in [0.15, 0.2) is 0 Å². The van der Waals surface area contributed by atoms with Gasteiger partial charge in [0.2, 0.25) is 5.91 Å². The summed E-state index contributed by atoms with van der Waals surface area (Å²) >= 11 is 0. The number of carbonyl (C=O) groups excluding carboxylic acids is 3. The smallest absolute Gasteiger partial charge is 0.410 e. The third-order valence-electron chi connectivity index (χ3n) is 8.22. The maximum absolute atomic E-state index is 15.7. The van der Waals surface area contributed by atoms with Gasteiger partial charge in [0.1, 0.15) is 22.9 Å². The average molecular weight is 593 g/mol. The minimum Gasteiger partial charge on any atom is -0.467 e. The van der Waals surface area contributed by atoms with Crippen molar-refractivity contribution in [2.24, 2.45) is 11.3 Å². The van der Waals surface area contributed by atoms with E-state index in [1.54, 1.807) is 20.8 Å². The highest BCUT2D eigenvalue weighted by atomic mass is 19.4. The lowest BCUT2D eigenvalue weighted by molar-refractivity contribution is -0.200. The number of hydrogen-bond acceptors (Lipinski definition) is 5. The molecule has 2 amide bonds. The number of ether oxygens (including phenoxy) is 2. The van der Waals surface area contributed by atoms with Crippen LogP contribution in [0.2, 0.25) is 0 Å². The summed E-state index contributed by atoms with van der Waals surface area (Å²) in [7, 11) is 0.948. The Balaban J connectivity index is 1.49. The van der Waals surface area contributed by atoms with Crippen molar-refractivity contribution in [3.63, 3.8) is 0 Å². The summed E-state index contributed by atoms with van der Waals surface area (Å²) in [5.74, 6) is -9.63. The average Bonchev–Trinajstić information content (AvgIpc) is 3.59. The van der Waals surface area contributed by atoms with Crippen molar-refractivity contribution in [2.75, 3.05) is 26.7 Å². The van der Waals surface area contributed by atoms with Crippen molar-refractivity contribution >= 4 is 18.0 Å². The van der Waals surface area contributed by atoms with Gasteiger partial charge >= 0.3 is 18.2 Å². The van der Waals surface area contributed by atoms with Gasteiger partial charge in [-0.15, -0.1) is 0 Å². The topological polar surface area (TPSA) is 76.2 Å². The van der Waals surface area contributed by atoms with Crippen molar-refractivity contribution in [1.29, 1.82) is 0 Å². The molecule has 1 aromatic carbocycles. The Kier molecular flexibility index (Phi) is 8.07. The van der Waals surface area contributed by atoms with Gasteiger partial charge in [-0.25, -0.2) is 22.8 Å². The van der Waals surface area contributed by atoms with Crippen LogP contribution in [0.15, 0.2) is 18.2 Å². The van der Waals surface area contributed by atoms with Crippen LogP contribution in [-0.4, -0.2) is 72.3 Å². The monoisotopic (exact) mass is 592 g/mol. The van der Waals surface area contributed by atoms with Gasteiger partial charge < -0.3 is 19.3 Å². The van der Waals surface area contributed by atoms with Gasteiger partial charge in [-0.1, -0.05) is 6.07 Å². The molecule has 1 unspecified atom stereocenters. The zero-order chi connectivity index (χ0) is 30.5. The van der Waals surface area contributed by atoms with E-state index in [0.29, 0.717) is 36.4 Å². The number of rotatable bonds is 5. The SMILES string of the molecule is COC(=O)[C@@H]1CC(C(F)(F)c2ccc(C3CCN(C(=O)OC(C)(C)C)CC3)cc2F)CN1C(=O)C1(C(F)(F)F)CC1. The number of esters is 1. The fraction of sp³-hybridized carbons (Fsp3) is 0.679. The molecule has 1 saturated carbocycles. The highest BCUT2D eigenvalue weighted by molar-refractivity contribution is 5.91. The molecule has 2 saturated heterocycles. The van der Waals surface area contributed by atoms with Crippen molar-refractivity contribution in [3.8, 4) is 0 Å². The quantitative estimate of drug-likeness (QED) is 0.321. The van der Waals surface area contributed by atoms with Gasteiger partial charge in [0.05, 0.1) is 12.7 Å². The number of halogens is 6. The third kappa shape index (κ3) is 5.99. The van der Waals surface area contributed by atoms with E-state index >= 15 is 13.2 Å². The zero-order valence-electron chi connectivity index (χ0n) is 23.3. The van der Waals surface area contributed by atoms with Crippen LogP contribution in [0.1, 0.15) is 69.9 Å². The van der Waals surface area contributed by atoms with Crippen molar-refractivity contribution < 1.29 is 50.2 Å². The number of benzene rings is 1. The summed E-state index contributed by atoms with van der Waals surface area (Å²) in [6.07, 6.45) is -6.08. The van der Waals surface area contributed by atoms with E-state index in [1.807, 2.05) is 0 Å². The number of methoxy groups -OCH3 is 1. The van der Waals surface area contributed by atoms with Crippen LogP contribution >= 0.6 is 0 Å². The van der Waals surface area contributed by atoms with Crippen LogP contribution in [0.25, 0.3) is 0 Å². The van der Waals surface area contributed by atoms with Crippen LogP contribution in [-0.2, 0) is 25.0 Å². The molecular weight excluding hydrogens is 558 g/mol. The van der Waals surface area contributed by atoms with E-state index in [2.05, 4.69) is 4.74 Å². The molecule has 4 rings (SSSR count). The first-order valence-electron chi connectivity index (χ1n) is 13.5. The normalized spacial score (nSPS) is 23.4. The molecule has 13 heteroatoms. The third-order valence-corrected chi connectivity index (χ3v) is 8.22. The number of piperidine rings is 1. The zero-order valence-corrected chi connectivity index (χ0v) is 23.3. The molecule has 2 heterocycles. The molecule has 2 aliphatic heterocycles. The summed E-state index contributed by atoms with van der Waals surface area (Å²) in [6.45, 7) is 5.09. The predicted molar refractivity (Wildman–Crippen MR) is 133 cm³/mol. The van der Waals surface area contributed by atoms with Gasteiger partial charge in [-0.05, 0) is 76.5 Å². The minimum absolute atomic E-state index is 0.189. The van der Waals surface area contributed by atoms with Crippen molar-refractivity contribution in [2.45, 2.75) is 82.5 Å². The van der Waals surface area contributed by atoms with E-state index in [9.17, 15) is 27.6 Å². The molecule has 0 N–H and O–H groups in total. The molecule has 1 aromatic rings. The van der Waals surface area contributed by atoms with Gasteiger partial charge in [0, 0.05) is 25.6 Å².